The summed E-state index contributed by atoms with van der Waals surface area (Å²) < 4.78 is 27.6. The first-order chi connectivity index (χ1) is 13.8. The molecule has 0 aliphatic carbocycles. The van der Waals surface area contributed by atoms with Crippen LogP contribution in [-0.2, 0) is 14.8 Å². The highest BCUT2D eigenvalue weighted by Gasteiger charge is 2.27. The number of hydrogen-bond donors (Lipinski definition) is 1. The van der Waals surface area contributed by atoms with Crippen LogP contribution in [0.15, 0.2) is 77.7 Å². The number of nitrogens with zero attached hydrogens (tertiary/aromatic N) is 1. The molecule has 0 fully saturated rings. The summed E-state index contributed by atoms with van der Waals surface area (Å²) in [4.78, 5) is 12.8. The van der Waals surface area contributed by atoms with Crippen molar-refractivity contribution < 1.29 is 13.2 Å². The Bertz CT molecular complexity index is 1140. The summed E-state index contributed by atoms with van der Waals surface area (Å²) in [5, 5.41) is 3.33. The smallest absolute Gasteiger partial charge is 0.264 e. The van der Waals surface area contributed by atoms with Crippen LogP contribution in [0.4, 0.5) is 11.4 Å². The molecule has 0 heterocycles. The molecule has 8 heteroatoms. The van der Waals surface area contributed by atoms with Gasteiger partial charge in [0.2, 0.25) is 5.91 Å². The fourth-order valence-corrected chi connectivity index (χ4v) is 4.50. The van der Waals surface area contributed by atoms with E-state index in [-0.39, 0.29) is 4.90 Å². The predicted molar refractivity (Wildman–Crippen MR) is 117 cm³/mol. The van der Waals surface area contributed by atoms with Crippen LogP contribution < -0.4 is 9.62 Å². The molecule has 0 saturated carbocycles. The number of hydrogen-bond acceptors (Lipinski definition) is 3. The topological polar surface area (TPSA) is 66.5 Å². The third-order valence-corrected chi connectivity index (χ3v) is 6.46. The van der Waals surface area contributed by atoms with E-state index in [1.807, 2.05) is 13.0 Å². The first-order valence-electron chi connectivity index (χ1n) is 8.67. The number of carbonyl (C=O) groups excluding carboxylic acids is 1. The molecule has 0 aromatic heterocycles. The van der Waals surface area contributed by atoms with Gasteiger partial charge in [-0.2, -0.15) is 0 Å². The maximum atomic E-state index is 13.3. The third-order valence-electron chi connectivity index (χ3n) is 4.11. The van der Waals surface area contributed by atoms with Crippen molar-refractivity contribution in [1.82, 2.24) is 0 Å². The fraction of sp³-hybridized carbons (Fsp3) is 0.0952. The zero-order valence-electron chi connectivity index (χ0n) is 15.5. The van der Waals surface area contributed by atoms with Crippen molar-refractivity contribution in [3.8, 4) is 0 Å². The Kier molecular flexibility index (Phi) is 6.47. The van der Waals surface area contributed by atoms with Gasteiger partial charge >= 0.3 is 0 Å². The van der Waals surface area contributed by atoms with Crippen LogP contribution in [0.3, 0.4) is 0 Å². The predicted octanol–water partition coefficient (Wildman–Crippen LogP) is 5.14. The van der Waals surface area contributed by atoms with Gasteiger partial charge in [0.1, 0.15) is 6.54 Å². The van der Waals surface area contributed by atoms with E-state index in [4.69, 9.17) is 23.2 Å². The van der Waals surface area contributed by atoms with E-state index in [0.717, 1.165) is 9.87 Å². The molecule has 0 aliphatic heterocycles. The van der Waals surface area contributed by atoms with Crippen LogP contribution in [-0.4, -0.2) is 20.9 Å². The van der Waals surface area contributed by atoms with Gasteiger partial charge in [-0.15, -0.1) is 0 Å². The highest BCUT2D eigenvalue weighted by atomic mass is 35.5. The van der Waals surface area contributed by atoms with Gasteiger partial charge in [0.05, 0.1) is 21.3 Å². The number of sulfonamides is 1. The lowest BCUT2D eigenvalue weighted by Crippen LogP contribution is -2.38. The number of amides is 1. The molecule has 0 bridgehead atoms. The lowest BCUT2D eigenvalue weighted by Gasteiger charge is -2.24. The highest BCUT2D eigenvalue weighted by molar-refractivity contribution is 7.92. The fourth-order valence-electron chi connectivity index (χ4n) is 2.73. The molecule has 29 heavy (non-hydrogen) atoms. The van der Waals surface area contributed by atoms with Crippen molar-refractivity contribution in [3.63, 3.8) is 0 Å². The summed E-state index contributed by atoms with van der Waals surface area (Å²) in [6.07, 6.45) is 0. The van der Waals surface area contributed by atoms with Crippen molar-refractivity contribution in [1.29, 1.82) is 0 Å². The number of nitrogens with one attached hydrogen (secondary N) is 1. The Morgan fingerprint density at radius 3 is 2.38 bits per heavy atom. The minimum atomic E-state index is -3.96. The molecular formula is C21H18Cl2N2O3S. The summed E-state index contributed by atoms with van der Waals surface area (Å²) in [5.74, 6) is -0.546. The van der Waals surface area contributed by atoms with Crippen LogP contribution in [0.2, 0.25) is 10.0 Å². The van der Waals surface area contributed by atoms with Crippen LogP contribution in [0, 0.1) is 6.92 Å². The van der Waals surface area contributed by atoms with Crippen molar-refractivity contribution in [2.24, 2.45) is 0 Å². The molecule has 3 aromatic carbocycles. The zero-order valence-corrected chi connectivity index (χ0v) is 17.8. The molecule has 5 nitrogen and oxygen atoms in total. The van der Waals surface area contributed by atoms with Crippen molar-refractivity contribution >= 4 is 50.5 Å². The molecule has 1 amide bonds. The molecule has 0 atom stereocenters. The minimum Gasteiger partial charge on any atom is -0.323 e. The summed E-state index contributed by atoms with van der Waals surface area (Å²) in [7, 11) is -3.96. The van der Waals surface area contributed by atoms with E-state index in [1.54, 1.807) is 48.5 Å². The SMILES string of the molecule is Cc1cccc(N(CC(=O)Nc2cc(Cl)ccc2Cl)S(=O)(=O)c2ccccc2)c1. The number of carbonyl (C=O) groups is 1. The van der Waals surface area contributed by atoms with E-state index in [1.165, 1.54) is 18.2 Å². The molecule has 3 rings (SSSR count). The summed E-state index contributed by atoms with van der Waals surface area (Å²) in [5.41, 5.74) is 1.57. The third kappa shape index (κ3) is 5.09. The Morgan fingerprint density at radius 2 is 1.69 bits per heavy atom. The standard InChI is InChI=1S/C21H18Cl2N2O3S/c1-15-6-5-7-17(12-15)25(29(27,28)18-8-3-2-4-9-18)14-21(26)24-20-13-16(22)10-11-19(20)23/h2-13H,14H2,1H3,(H,24,26). The number of halogens is 2. The van der Waals surface area contributed by atoms with Gasteiger partial charge in [0.15, 0.2) is 0 Å². The van der Waals surface area contributed by atoms with Gasteiger partial charge in [0, 0.05) is 5.02 Å². The summed E-state index contributed by atoms with van der Waals surface area (Å²) >= 11 is 12.1. The zero-order chi connectivity index (χ0) is 21.0. The van der Waals surface area contributed by atoms with Crippen LogP contribution in [0.25, 0.3) is 0 Å². The van der Waals surface area contributed by atoms with Gasteiger partial charge < -0.3 is 5.32 Å². The molecule has 0 radical (unpaired) electrons. The normalized spacial score (nSPS) is 11.1. The molecule has 0 spiro atoms. The quantitative estimate of drug-likeness (QED) is 0.567. The van der Waals surface area contributed by atoms with Gasteiger partial charge in [-0.05, 0) is 55.0 Å². The van der Waals surface area contributed by atoms with Crippen LogP contribution >= 0.6 is 23.2 Å². The second-order valence-electron chi connectivity index (χ2n) is 6.34. The Balaban J connectivity index is 1.95. The molecule has 1 N–H and O–H groups in total. The van der Waals surface area contributed by atoms with Crippen LogP contribution in [0.1, 0.15) is 5.56 Å². The summed E-state index contributed by atoms with van der Waals surface area (Å²) in [6, 6.07) is 19.6. The maximum Gasteiger partial charge on any atom is 0.264 e. The second-order valence-corrected chi connectivity index (χ2v) is 9.04. The first kappa shape index (κ1) is 21.2. The van der Waals surface area contributed by atoms with E-state index in [0.29, 0.717) is 21.4 Å². The largest absolute Gasteiger partial charge is 0.323 e. The lowest BCUT2D eigenvalue weighted by atomic mass is 10.2. The Labute approximate surface area is 179 Å². The van der Waals surface area contributed by atoms with E-state index < -0.39 is 22.5 Å². The molecule has 0 saturated heterocycles. The molecule has 150 valence electrons. The minimum absolute atomic E-state index is 0.0927. The lowest BCUT2D eigenvalue weighted by molar-refractivity contribution is -0.114. The van der Waals surface area contributed by atoms with Gasteiger partial charge in [-0.1, -0.05) is 53.5 Å². The number of anilines is 2. The monoisotopic (exact) mass is 448 g/mol. The van der Waals surface area contributed by atoms with Gasteiger partial charge in [-0.25, -0.2) is 8.42 Å². The van der Waals surface area contributed by atoms with Crippen molar-refractivity contribution in [2.75, 3.05) is 16.2 Å². The molecule has 0 aliphatic rings. The van der Waals surface area contributed by atoms with Crippen LogP contribution in [0.5, 0.6) is 0 Å². The number of aryl methyl sites for hydroxylation is 1. The maximum absolute atomic E-state index is 13.3. The Hall–Kier alpha value is -2.54. The summed E-state index contributed by atoms with van der Waals surface area (Å²) in [6.45, 7) is 1.42. The Morgan fingerprint density at radius 1 is 0.966 bits per heavy atom. The number of benzene rings is 3. The average Bonchev–Trinajstić information content (AvgIpc) is 2.69. The van der Waals surface area contributed by atoms with Gasteiger partial charge in [0.25, 0.3) is 10.0 Å². The van der Waals surface area contributed by atoms with Crippen molar-refractivity contribution in [3.05, 3.63) is 88.4 Å². The first-order valence-corrected chi connectivity index (χ1v) is 10.9. The van der Waals surface area contributed by atoms with E-state index in [9.17, 15) is 13.2 Å². The molecule has 3 aromatic rings. The van der Waals surface area contributed by atoms with E-state index in [2.05, 4.69) is 5.32 Å². The highest BCUT2D eigenvalue weighted by Crippen LogP contribution is 2.27. The second kappa shape index (κ2) is 8.86. The molecule has 0 unspecified atom stereocenters. The van der Waals surface area contributed by atoms with E-state index >= 15 is 0 Å². The van der Waals surface area contributed by atoms with Gasteiger partial charge in [-0.3, -0.25) is 9.10 Å². The van der Waals surface area contributed by atoms with Crippen molar-refractivity contribution in [2.45, 2.75) is 11.8 Å². The number of rotatable bonds is 6. The average molecular weight is 449 g/mol. The molecular weight excluding hydrogens is 431 g/mol.